The van der Waals surface area contributed by atoms with Gasteiger partial charge in [0.05, 0.1) is 11.4 Å². The van der Waals surface area contributed by atoms with E-state index in [-0.39, 0.29) is 5.41 Å². The lowest BCUT2D eigenvalue weighted by atomic mass is 9.74. The van der Waals surface area contributed by atoms with Crippen LogP contribution >= 0.6 is 22.6 Å². The molecule has 0 amide bonds. The molecule has 0 unspecified atom stereocenters. The van der Waals surface area contributed by atoms with Crippen LogP contribution in [-0.2, 0) is 18.9 Å². The highest BCUT2D eigenvalue weighted by Crippen LogP contribution is 2.43. The maximum atomic E-state index is 4.53. The zero-order chi connectivity index (χ0) is 12.2. The maximum Gasteiger partial charge on any atom is 0.127 e. The summed E-state index contributed by atoms with van der Waals surface area (Å²) in [5, 5.41) is 4.53. The fourth-order valence-corrected chi connectivity index (χ4v) is 3.94. The fraction of sp³-hybridized carbons (Fsp3) is 0.417. The number of hydrogen-bond acceptors (Lipinski definition) is 3. The topological polar surface area (TPSA) is 43.6 Å². The van der Waals surface area contributed by atoms with Gasteiger partial charge in [-0.05, 0) is 40.0 Å². The molecular weight excluding hydrogens is 327 g/mol. The van der Waals surface area contributed by atoms with Crippen LogP contribution in [0.2, 0.25) is 0 Å². The summed E-state index contributed by atoms with van der Waals surface area (Å²) in [5.41, 5.74) is 4.80. The molecule has 3 rings (SSSR count). The molecule has 2 aromatic rings. The molecule has 0 aromatic carbocycles. The van der Waals surface area contributed by atoms with Gasteiger partial charge in [-0.15, -0.1) is 0 Å². The summed E-state index contributed by atoms with van der Waals surface area (Å²) in [6, 6.07) is 0. The van der Waals surface area contributed by atoms with E-state index in [1.807, 2.05) is 17.9 Å². The Morgan fingerprint density at radius 3 is 2.94 bits per heavy atom. The van der Waals surface area contributed by atoms with Gasteiger partial charge in [0.2, 0.25) is 0 Å². The van der Waals surface area contributed by atoms with Crippen molar-refractivity contribution in [2.75, 3.05) is 0 Å². The number of aromatic nitrogens is 4. The molecule has 0 atom stereocenters. The molecule has 0 bridgehead atoms. The number of hydrogen-bond donors (Lipinski definition) is 0. The normalized spacial score (nSPS) is 16.5. The first kappa shape index (κ1) is 11.1. The molecule has 0 aliphatic heterocycles. The Morgan fingerprint density at radius 2 is 2.18 bits per heavy atom. The lowest BCUT2D eigenvalue weighted by molar-refractivity contribution is 0.510. The Hall–Kier alpha value is -0.980. The molecule has 0 radical (unpaired) electrons. The molecule has 0 saturated carbocycles. The van der Waals surface area contributed by atoms with Gasteiger partial charge in [0.15, 0.2) is 0 Å². The summed E-state index contributed by atoms with van der Waals surface area (Å²) in [5.74, 6) is 0. The Labute approximate surface area is 114 Å². The molecule has 1 aliphatic rings. The lowest BCUT2D eigenvalue weighted by Gasteiger charge is -2.30. The minimum absolute atomic E-state index is 0.0951. The van der Waals surface area contributed by atoms with Crippen molar-refractivity contribution in [1.82, 2.24) is 19.7 Å². The van der Waals surface area contributed by atoms with E-state index in [1.165, 1.54) is 11.1 Å². The third-order valence-electron chi connectivity index (χ3n) is 3.33. The van der Waals surface area contributed by atoms with Gasteiger partial charge in [-0.25, -0.2) is 9.97 Å². The van der Waals surface area contributed by atoms with Crippen molar-refractivity contribution in [2.24, 2.45) is 7.05 Å². The van der Waals surface area contributed by atoms with Crippen LogP contribution in [0.1, 0.15) is 25.0 Å². The molecule has 17 heavy (non-hydrogen) atoms. The predicted molar refractivity (Wildman–Crippen MR) is 73.7 cm³/mol. The molecule has 4 nitrogen and oxygen atoms in total. The van der Waals surface area contributed by atoms with Crippen molar-refractivity contribution in [2.45, 2.75) is 25.7 Å². The first-order valence-corrected chi connectivity index (χ1v) is 6.61. The van der Waals surface area contributed by atoms with Gasteiger partial charge in [-0.1, -0.05) is 13.8 Å². The van der Waals surface area contributed by atoms with Gasteiger partial charge in [0.25, 0.3) is 0 Å². The van der Waals surface area contributed by atoms with Gasteiger partial charge in [-0.3, -0.25) is 4.68 Å². The van der Waals surface area contributed by atoms with E-state index in [0.29, 0.717) is 0 Å². The summed E-state index contributed by atoms with van der Waals surface area (Å²) in [6.45, 7) is 4.51. The predicted octanol–water partition coefficient (Wildman–Crippen LogP) is 2.32. The van der Waals surface area contributed by atoms with Gasteiger partial charge in [0.1, 0.15) is 10.0 Å². The summed E-state index contributed by atoms with van der Waals surface area (Å²) in [4.78, 5) is 8.56. The second-order valence-electron chi connectivity index (χ2n) is 5.10. The van der Waals surface area contributed by atoms with E-state index >= 15 is 0 Å². The minimum Gasteiger partial charge on any atom is -0.265 e. The third-order valence-corrected chi connectivity index (χ3v) is 4.08. The van der Waals surface area contributed by atoms with Gasteiger partial charge in [0, 0.05) is 18.8 Å². The van der Waals surface area contributed by atoms with Crippen LogP contribution in [0.5, 0.6) is 0 Å². The van der Waals surface area contributed by atoms with E-state index < -0.39 is 0 Å². The van der Waals surface area contributed by atoms with Crippen molar-refractivity contribution in [3.63, 3.8) is 0 Å². The SMILES string of the molecule is Cn1nc(I)c2c1-c1ncncc1CC2(C)C. The molecule has 2 aromatic heterocycles. The molecule has 0 N–H and O–H groups in total. The van der Waals surface area contributed by atoms with E-state index in [1.54, 1.807) is 6.33 Å². The van der Waals surface area contributed by atoms with Crippen molar-refractivity contribution < 1.29 is 0 Å². The smallest absolute Gasteiger partial charge is 0.127 e. The number of rotatable bonds is 0. The highest BCUT2D eigenvalue weighted by Gasteiger charge is 2.36. The zero-order valence-electron chi connectivity index (χ0n) is 10.0. The average molecular weight is 340 g/mol. The molecule has 0 spiro atoms. The number of halogens is 1. The summed E-state index contributed by atoms with van der Waals surface area (Å²) in [7, 11) is 1.98. The van der Waals surface area contributed by atoms with Crippen LogP contribution < -0.4 is 0 Å². The quantitative estimate of drug-likeness (QED) is 0.692. The first-order valence-electron chi connectivity index (χ1n) is 5.53. The number of fused-ring (bicyclic) bond motifs is 3. The second-order valence-corrected chi connectivity index (χ2v) is 6.12. The third kappa shape index (κ3) is 1.51. The Morgan fingerprint density at radius 1 is 1.41 bits per heavy atom. The number of aryl methyl sites for hydroxylation is 1. The van der Waals surface area contributed by atoms with E-state index in [2.05, 4.69) is 51.5 Å². The van der Waals surface area contributed by atoms with Crippen molar-refractivity contribution in [3.05, 3.63) is 27.4 Å². The van der Waals surface area contributed by atoms with Gasteiger partial charge < -0.3 is 0 Å². The first-order chi connectivity index (χ1) is 8.00. The monoisotopic (exact) mass is 340 g/mol. The van der Waals surface area contributed by atoms with Crippen molar-refractivity contribution in [3.8, 4) is 11.4 Å². The van der Waals surface area contributed by atoms with Crippen LogP contribution in [0.4, 0.5) is 0 Å². The number of nitrogens with zero attached hydrogens (tertiary/aromatic N) is 4. The summed E-state index contributed by atoms with van der Waals surface area (Å²) in [6.07, 6.45) is 4.51. The van der Waals surface area contributed by atoms with Crippen LogP contribution in [0.15, 0.2) is 12.5 Å². The molecule has 5 heteroatoms. The van der Waals surface area contributed by atoms with E-state index in [0.717, 1.165) is 21.5 Å². The molecule has 2 heterocycles. The largest absolute Gasteiger partial charge is 0.265 e. The Bertz CT molecular complexity index is 601. The van der Waals surface area contributed by atoms with Crippen LogP contribution in [0, 0.1) is 3.70 Å². The zero-order valence-corrected chi connectivity index (χ0v) is 12.2. The van der Waals surface area contributed by atoms with E-state index in [9.17, 15) is 0 Å². The van der Waals surface area contributed by atoms with Crippen LogP contribution in [0.25, 0.3) is 11.4 Å². The standard InChI is InChI=1S/C12H13IN4/c1-12(2)4-7-5-14-6-15-9(7)10-8(12)11(13)16-17(10)3/h5-6H,4H2,1-3H3. The fourth-order valence-electron chi connectivity index (χ4n) is 2.63. The van der Waals surface area contributed by atoms with Crippen LogP contribution in [0.3, 0.4) is 0 Å². The summed E-state index contributed by atoms with van der Waals surface area (Å²) < 4.78 is 3.01. The lowest BCUT2D eigenvalue weighted by Crippen LogP contribution is -2.27. The Kier molecular flexibility index (Phi) is 2.30. The van der Waals surface area contributed by atoms with Crippen molar-refractivity contribution >= 4 is 22.6 Å². The molecule has 88 valence electrons. The minimum atomic E-state index is 0.0951. The second kappa shape index (κ2) is 3.51. The van der Waals surface area contributed by atoms with Gasteiger partial charge >= 0.3 is 0 Å². The average Bonchev–Trinajstić information content (AvgIpc) is 2.55. The molecular formula is C12H13IN4. The highest BCUT2D eigenvalue weighted by molar-refractivity contribution is 14.1. The van der Waals surface area contributed by atoms with Crippen molar-refractivity contribution in [1.29, 1.82) is 0 Å². The summed E-state index contributed by atoms with van der Waals surface area (Å²) >= 11 is 2.31. The highest BCUT2D eigenvalue weighted by atomic mass is 127. The molecule has 1 aliphatic carbocycles. The maximum absolute atomic E-state index is 4.53. The van der Waals surface area contributed by atoms with Crippen LogP contribution in [-0.4, -0.2) is 19.7 Å². The van der Waals surface area contributed by atoms with E-state index in [4.69, 9.17) is 0 Å². The van der Waals surface area contributed by atoms with Gasteiger partial charge in [-0.2, -0.15) is 5.10 Å². The molecule has 0 saturated heterocycles. The molecule has 0 fully saturated rings. The Balaban J connectivity index is 2.39.